The van der Waals surface area contributed by atoms with Crippen LogP contribution in [0.3, 0.4) is 0 Å². The van der Waals surface area contributed by atoms with Crippen molar-refractivity contribution in [1.82, 2.24) is 5.32 Å². The maximum absolute atomic E-state index is 12.9. The number of amides is 1. The number of nitrogens with one attached hydrogen (secondary N) is 1. The molecule has 1 saturated heterocycles. The zero-order valence-electron chi connectivity index (χ0n) is 35.1. The summed E-state index contributed by atoms with van der Waals surface area (Å²) in [5.41, 5.74) is 0. The molecule has 0 aromatic heterocycles. The van der Waals surface area contributed by atoms with E-state index in [0.717, 1.165) is 77.0 Å². The average Bonchev–Trinajstić information content (AvgIpc) is 3.20. The number of aliphatic hydroxyl groups is 5. The molecule has 1 aliphatic rings. The Kier molecular flexibility index (Phi) is 34.1. The van der Waals surface area contributed by atoms with Crippen LogP contribution >= 0.6 is 0 Å². The number of rotatable bonds is 35. The molecule has 1 heterocycles. The number of ether oxygens (including phenoxy) is 2. The van der Waals surface area contributed by atoms with Gasteiger partial charge in [0.05, 0.1) is 25.4 Å². The Labute approximate surface area is 340 Å². The number of unbranched alkanes of at least 4 members (excludes halogenated alkanes) is 15. The summed E-state index contributed by atoms with van der Waals surface area (Å²) in [6.45, 7) is 3.58. The minimum Gasteiger partial charge on any atom is -0.394 e. The minimum absolute atomic E-state index is 0.198. The molecule has 0 radical (unpaired) electrons. The molecular formula is C47H81NO8. The zero-order chi connectivity index (χ0) is 40.9. The van der Waals surface area contributed by atoms with Crippen molar-refractivity contribution in [2.75, 3.05) is 13.2 Å². The van der Waals surface area contributed by atoms with Gasteiger partial charge in [0.25, 0.3) is 0 Å². The largest absolute Gasteiger partial charge is 0.394 e. The van der Waals surface area contributed by atoms with Gasteiger partial charge >= 0.3 is 0 Å². The summed E-state index contributed by atoms with van der Waals surface area (Å²) in [5, 5.41) is 54.0. The molecule has 0 bridgehead atoms. The van der Waals surface area contributed by atoms with Crippen molar-refractivity contribution >= 4 is 5.91 Å². The lowest BCUT2D eigenvalue weighted by Gasteiger charge is -2.40. The van der Waals surface area contributed by atoms with Gasteiger partial charge in [0.15, 0.2) is 6.29 Å². The summed E-state index contributed by atoms with van der Waals surface area (Å²) in [6, 6.07) is -0.825. The van der Waals surface area contributed by atoms with Gasteiger partial charge in [-0.1, -0.05) is 157 Å². The van der Waals surface area contributed by atoms with E-state index in [2.05, 4.69) is 79.9 Å². The van der Waals surface area contributed by atoms with Crippen LogP contribution in [0.2, 0.25) is 0 Å². The molecule has 0 aliphatic carbocycles. The Balaban J connectivity index is 2.30. The lowest BCUT2D eigenvalue weighted by molar-refractivity contribution is -0.302. The molecule has 56 heavy (non-hydrogen) atoms. The van der Waals surface area contributed by atoms with Crippen LogP contribution in [-0.4, -0.2) is 87.5 Å². The third kappa shape index (κ3) is 27.3. The summed E-state index contributed by atoms with van der Waals surface area (Å²) in [6.07, 6.45) is 42.4. The first kappa shape index (κ1) is 51.6. The second-order valence-electron chi connectivity index (χ2n) is 15.1. The van der Waals surface area contributed by atoms with Gasteiger partial charge in [-0.15, -0.1) is 0 Å². The monoisotopic (exact) mass is 788 g/mol. The summed E-state index contributed by atoms with van der Waals surface area (Å²) >= 11 is 0. The van der Waals surface area contributed by atoms with E-state index in [9.17, 15) is 30.3 Å². The Hall–Kier alpha value is -2.37. The summed E-state index contributed by atoms with van der Waals surface area (Å²) in [7, 11) is 0. The highest BCUT2D eigenvalue weighted by Gasteiger charge is 2.44. The van der Waals surface area contributed by atoms with Crippen molar-refractivity contribution in [3.63, 3.8) is 0 Å². The maximum atomic E-state index is 12.9. The van der Waals surface area contributed by atoms with Crippen LogP contribution in [-0.2, 0) is 14.3 Å². The first-order chi connectivity index (χ1) is 27.3. The van der Waals surface area contributed by atoms with E-state index in [-0.39, 0.29) is 12.5 Å². The molecule has 1 amide bonds. The first-order valence-corrected chi connectivity index (χ1v) is 22.2. The highest BCUT2D eigenvalue weighted by molar-refractivity contribution is 5.76. The van der Waals surface area contributed by atoms with Crippen LogP contribution in [0.5, 0.6) is 0 Å². The van der Waals surface area contributed by atoms with E-state index in [1.54, 1.807) is 6.08 Å². The van der Waals surface area contributed by atoms with Crippen molar-refractivity contribution in [3.05, 3.63) is 72.9 Å². The quantitative estimate of drug-likeness (QED) is 0.0276. The van der Waals surface area contributed by atoms with Gasteiger partial charge in [0.1, 0.15) is 24.4 Å². The molecule has 1 fully saturated rings. The standard InChI is InChI=1S/C47H81NO8/c1-3-5-7-9-11-13-15-16-17-18-19-20-21-22-23-24-25-26-27-29-31-33-35-37-43(51)48-40(39-55-47-46(54)45(53)44(52)42(38-49)56-47)41(50)36-34-32-30-28-14-12-10-8-6-4-2/h5,7,11,13-14,16-17,19-20,28,34,36,40-42,44-47,49-50,52-54H,3-4,6,8-10,12,15,18,21-27,29-33,35,37-39H2,1-2H3,(H,48,51)/b7-5-,13-11-,17-16-,20-19-,28-14+,36-34+. The van der Waals surface area contributed by atoms with Crippen LogP contribution in [0, 0.1) is 0 Å². The van der Waals surface area contributed by atoms with Crippen molar-refractivity contribution in [3.8, 4) is 0 Å². The van der Waals surface area contributed by atoms with Gasteiger partial charge in [-0.05, 0) is 70.6 Å². The molecule has 0 spiro atoms. The van der Waals surface area contributed by atoms with E-state index in [4.69, 9.17) is 9.47 Å². The normalized spacial score (nSPS) is 21.9. The molecule has 1 rings (SSSR count). The molecule has 7 unspecified atom stereocenters. The molecular weight excluding hydrogens is 707 g/mol. The topological polar surface area (TPSA) is 149 Å². The highest BCUT2D eigenvalue weighted by Crippen LogP contribution is 2.22. The van der Waals surface area contributed by atoms with Crippen molar-refractivity contribution in [1.29, 1.82) is 0 Å². The molecule has 0 aromatic carbocycles. The fraction of sp³-hybridized carbons (Fsp3) is 0.723. The van der Waals surface area contributed by atoms with Crippen molar-refractivity contribution in [2.45, 2.75) is 204 Å². The molecule has 0 aromatic rings. The predicted octanol–water partition coefficient (Wildman–Crippen LogP) is 9.00. The van der Waals surface area contributed by atoms with E-state index in [1.165, 1.54) is 64.2 Å². The molecule has 322 valence electrons. The van der Waals surface area contributed by atoms with Crippen molar-refractivity contribution < 1.29 is 39.8 Å². The van der Waals surface area contributed by atoms with Crippen molar-refractivity contribution in [2.24, 2.45) is 0 Å². The van der Waals surface area contributed by atoms with Gasteiger partial charge in [0, 0.05) is 6.42 Å². The average molecular weight is 788 g/mol. The number of carbonyl (C=O) groups is 1. The van der Waals surface area contributed by atoms with E-state index < -0.39 is 49.5 Å². The number of allylic oxidation sites excluding steroid dienone is 11. The van der Waals surface area contributed by atoms with Crippen LogP contribution < -0.4 is 5.32 Å². The molecule has 7 atom stereocenters. The fourth-order valence-corrected chi connectivity index (χ4v) is 6.45. The van der Waals surface area contributed by atoms with Gasteiger partial charge in [-0.3, -0.25) is 4.79 Å². The smallest absolute Gasteiger partial charge is 0.220 e. The minimum atomic E-state index is -1.57. The summed E-state index contributed by atoms with van der Waals surface area (Å²) in [4.78, 5) is 12.9. The van der Waals surface area contributed by atoms with Crippen LogP contribution in [0.25, 0.3) is 0 Å². The Bertz CT molecular complexity index is 1100. The van der Waals surface area contributed by atoms with E-state index in [0.29, 0.717) is 6.42 Å². The third-order valence-corrected chi connectivity index (χ3v) is 10.0. The second kappa shape index (κ2) is 36.9. The van der Waals surface area contributed by atoms with Crippen LogP contribution in [0.1, 0.15) is 162 Å². The predicted molar refractivity (Wildman–Crippen MR) is 230 cm³/mol. The highest BCUT2D eigenvalue weighted by atomic mass is 16.7. The third-order valence-electron chi connectivity index (χ3n) is 10.0. The molecule has 0 saturated carbocycles. The summed E-state index contributed by atoms with van der Waals surface area (Å²) in [5.74, 6) is -0.198. The number of carbonyl (C=O) groups excluding carboxylic acids is 1. The molecule has 9 nitrogen and oxygen atoms in total. The van der Waals surface area contributed by atoms with Gasteiger partial charge in [0.2, 0.25) is 5.91 Å². The number of aliphatic hydroxyl groups excluding tert-OH is 5. The number of hydrogen-bond acceptors (Lipinski definition) is 8. The van der Waals surface area contributed by atoms with Gasteiger partial charge < -0.3 is 40.3 Å². The van der Waals surface area contributed by atoms with Gasteiger partial charge in [-0.25, -0.2) is 0 Å². The number of hydrogen-bond donors (Lipinski definition) is 6. The van der Waals surface area contributed by atoms with E-state index >= 15 is 0 Å². The zero-order valence-corrected chi connectivity index (χ0v) is 35.1. The van der Waals surface area contributed by atoms with Gasteiger partial charge in [-0.2, -0.15) is 0 Å². The Morgan fingerprint density at radius 2 is 1.12 bits per heavy atom. The molecule has 6 N–H and O–H groups in total. The lowest BCUT2D eigenvalue weighted by atomic mass is 9.99. The Morgan fingerprint density at radius 1 is 0.625 bits per heavy atom. The molecule has 1 aliphatic heterocycles. The van der Waals surface area contributed by atoms with E-state index in [1.807, 2.05) is 6.08 Å². The summed E-state index contributed by atoms with van der Waals surface area (Å²) < 4.78 is 11.2. The lowest BCUT2D eigenvalue weighted by Crippen LogP contribution is -2.60. The second-order valence-corrected chi connectivity index (χ2v) is 15.1. The fourth-order valence-electron chi connectivity index (χ4n) is 6.45. The maximum Gasteiger partial charge on any atom is 0.220 e. The molecule has 9 heteroatoms. The van der Waals surface area contributed by atoms with Crippen LogP contribution in [0.15, 0.2) is 72.9 Å². The van der Waals surface area contributed by atoms with Crippen LogP contribution in [0.4, 0.5) is 0 Å². The SMILES string of the molecule is CC/C=C\C/C=C\C/C=C\C/C=C\CCCCCCCCCCCCC(=O)NC(COC1OC(CO)C(O)C(O)C1O)C(O)/C=C/CC/C=C/CCCCCC. The first-order valence-electron chi connectivity index (χ1n) is 22.2. The Morgan fingerprint density at radius 3 is 1.71 bits per heavy atom.